The van der Waals surface area contributed by atoms with Gasteiger partial charge in [-0.3, -0.25) is 0 Å². The summed E-state index contributed by atoms with van der Waals surface area (Å²) in [4.78, 5) is 0. The predicted molar refractivity (Wildman–Crippen MR) is 58.5 cm³/mol. The summed E-state index contributed by atoms with van der Waals surface area (Å²) in [5.41, 5.74) is 2.79. The van der Waals surface area contributed by atoms with Crippen molar-refractivity contribution in [1.29, 1.82) is 0 Å². The number of benzene rings is 1. The number of aryl methyl sites for hydroxylation is 1. The average Bonchev–Trinajstić information content (AvgIpc) is 2.05. The van der Waals surface area contributed by atoms with Crippen LogP contribution in [-0.4, -0.2) is 4.43 Å². The van der Waals surface area contributed by atoms with Crippen LogP contribution in [0.4, 0.5) is 0 Å². The molecular formula is C10H13I. The third kappa shape index (κ3) is 2.47. The fraction of sp³-hybridized carbons (Fsp3) is 0.400. The standard InChI is InChI=1S/C10H13I/c1-8-3-5-10(6-4-8)9(2)7-11/h3-6,9H,7H2,1-2H3/t9-/m1/s1. The van der Waals surface area contributed by atoms with Crippen LogP contribution in [0.1, 0.15) is 24.0 Å². The Morgan fingerprint density at radius 1 is 1.27 bits per heavy atom. The SMILES string of the molecule is Cc1ccc([C@H](C)CI)cc1. The quantitative estimate of drug-likeness (QED) is 0.563. The summed E-state index contributed by atoms with van der Waals surface area (Å²) < 4.78 is 1.20. The third-order valence-corrected chi connectivity index (χ3v) is 3.20. The van der Waals surface area contributed by atoms with E-state index in [1.165, 1.54) is 15.6 Å². The van der Waals surface area contributed by atoms with Crippen LogP contribution in [0.3, 0.4) is 0 Å². The lowest BCUT2D eigenvalue weighted by Crippen LogP contribution is -1.93. The Kier molecular flexibility index (Phi) is 3.37. The zero-order chi connectivity index (χ0) is 8.27. The summed E-state index contributed by atoms with van der Waals surface area (Å²) >= 11 is 2.43. The molecule has 1 atom stereocenters. The highest BCUT2D eigenvalue weighted by Crippen LogP contribution is 2.17. The smallest absolute Gasteiger partial charge is 0.00616 e. The van der Waals surface area contributed by atoms with Crippen LogP contribution in [0.2, 0.25) is 0 Å². The molecule has 1 rings (SSSR count). The first-order valence-electron chi connectivity index (χ1n) is 3.86. The van der Waals surface area contributed by atoms with Crippen LogP contribution < -0.4 is 0 Å². The topological polar surface area (TPSA) is 0 Å². The van der Waals surface area contributed by atoms with E-state index >= 15 is 0 Å². The molecule has 1 aromatic rings. The number of hydrogen-bond acceptors (Lipinski definition) is 0. The van der Waals surface area contributed by atoms with E-state index in [2.05, 4.69) is 60.7 Å². The molecule has 0 nitrogen and oxygen atoms in total. The lowest BCUT2D eigenvalue weighted by molar-refractivity contribution is 0.895. The second kappa shape index (κ2) is 4.10. The van der Waals surface area contributed by atoms with Crippen LogP contribution in [0.25, 0.3) is 0 Å². The van der Waals surface area contributed by atoms with Gasteiger partial charge in [0.1, 0.15) is 0 Å². The number of rotatable bonds is 2. The highest BCUT2D eigenvalue weighted by atomic mass is 127. The Labute approximate surface area is 82.2 Å². The molecule has 0 unspecified atom stereocenters. The van der Waals surface area contributed by atoms with Gasteiger partial charge < -0.3 is 0 Å². The zero-order valence-corrected chi connectivity index (χ0v) is 9.13. The highest BCUT2D eigenvalue weighted by Gasteiger charge is 2.01. The molecule has 0 fully saturated rings. The molecular weight excluding hydrogens is 247 g/mol. The minimum atomic E-state index is 0.691. The van der Waals surface area contributed by atoms with E-state index in [4.69, 9.17) is 0 Å². The number of halogens is 1. The summed E-state index contributed by atoms with van der Waals surface area (Å²) in [5, 5.41) is 0. The van der Waals surface area contributed by atoms with Crippen molar-refractivity contribution >= 4 is 22.6 Å². The van der Waals surface area contributed by atoms with Gasteiger partial charge in [-0.2, -0.15) is 0 Å². The maximum atomic E-state index is 2.43. The van der Waals surface area contributed by atoms with Crippen LogP contribution in [0.5, 0.6) is 0 Å². The van der Waals surface area contributed by atoms with E-state index in [0.717, 1.165) is 0 Å². The summed E-state index contributed by atoms with van der Waals surface area (Å²) in [6.07, 6.45) is 0. The van der Waals surface area contributed by atoms with Gasteiger partial charge in [0.2, 0.25) is 0 Å². The maximum absolute atomic E-state index is 2.43. The van der Waals surface area contributed by atoms with Crippen molar-refractivity contribution in [3.8, 4) is 0 Å². The van der Waals surface area contributed by atoms with Crippen molar-refractivity contribution in [3.63, 3.8) is 0 Å². The van der Waals surface area contributed by atoms with Gasteiger partial charge in [0.05, 0.1) is 0 Å². The Bertz CT molecular complexity index is 213. The van der Waals surface area contributed by atoms with Crippen molar-refractivity contribution < 1.29 is 0 Å². The highest BCUT2D eigenvalue weighted by molar-refractivity contribution is 14.1. The Balaban J connectivity index is 2.81. The first kappa shape index (κ1) is 9.04. The molecule has 0 N–H and O–H groups in total. The number of hydrogen-bond donors (Lipinski definition) is 0. The van der Waals surface area contributed by atoms with E-state index in [1.54, 1.807) is 0 Å². The second-order valence-corrected chi connectivity index (χ2v) is 3.85. The molecule has 0 bridgehead atoms. The zero-order valence-electron chi connectivity index (χ0n) is 6.97. The molecule has 1 heteroatoms. The van der Waals surface area contributed by atoms with Gasteiger partial charge in [-0.25, -0.2) is 0 Å². The summed E-state index contributed by atoms with van der Waals surface area (Å²) in [7, 11) is 0. The lowest BCUT2D eigenvalue weighted by atomic mass is 10.0. The van der Waals surface area contributed by atoms with E-state index < -0.39 is 0 Å². The molecule has 0 aliphatic rings. The molecule has 11 heavy (non-hydrogen) atoms. The number of alkyl halides is 1. The first-order chi connectivity index (χ1) is 5.24. The fourth-order valence-electron chi connectivity index (χ4n) is 0.984. The molecule has 0 saturated carbocycles. The molecule has 0 saturated heterocycles. The molecule has 0 aliphatic carbocycles. The van der Waals surface area contributed by atoms with Crippen molar-refractivity contribution in [3.05, 3.63) is 35.4 Å². The summed E-state index contributed by atoms with van der Waals surface area (Å²) in [6, 6.07) is 8.80. The Morgan fingerprint density at radius 2 is 1.82 bits per heavy atom. The minimum absolute atomic E-state index is 0.691. The summed E-state index contributed by atoms with van der Waals surface area (Å²) in [6.45, 7) is 4.38. The van der Waals surface area contributed by atoms with Crippen molar-refractivity contribution in [2.24, 2.45) is 0 Å². The van der Waals surface area contributed by atoms with Crippen molar-refractivity contribution in [1.82, 2.24) is 0 Å². The molecule has 0 aromatic heterocycles. The van der Waals surface area contributed by atoms with Crippen LogP contribution in [0, 0.1) is 6.92 Å². The van der Waals surface area contributed by atoms with E-state index in [0.29, 0.717) is 5.92 Å². The lowest BCUT2D eigenvalue weighted by Gasteiger charge is -2.07. The predicted octanol–water partition coefficient (Wildman–Crippen LogP) is 3.53. The van der Waals surface area contributed by atoms with E-state index in [-0.39, 0.29) is 0 Å². The second-order valence-electron chi connectivity index (χ2n) is 2.97. The van der Waals surface area contributed by atoms with Crippen molar-refractivity contribution in [2.75, 3.05) is 4.43 Å². The maximum Gasteiger partial charge on any atom is 0.00616 e. The van der Waals surface area contributed by atoms with Crippen molar-refractivity contribution in [2.45, 2.75) is 19.8 Å². The van der Waals surface area contributed by atoms with Gasteiger partial charge >= 0.3 is 0 Å². The van der Waals surface area contributed by atoms with Gasteiger partial charge in [0, 0.05) is 4.43 Å². The van der Waals surface area contributed by atoms with E-state index in [9.17, 15) is 0 Å². The average molecular weight is 260 g/mol. The van der Waals surface area contributed by atoms with E-state index in [1.807, 2.05) is 0 Å². The van der Waals surface area contributed by atoms with Gasteiger partial charge in [-0.1, -0.05) is 59.3 Å². The molecule has 0 spiro atoms. The Morgan fingerprint density at radius 3 is 2.27 bits per heavy atom. The molecule has 60 valence electrons. The first-order valence-corrected chi connectivity index (χ1v) is 5.39. The minimum Gasteiger partial charge on any atom is -0.0857 e. The molecule has 0 aliphatic heterocycles. The third-order valence-electron chi connectivity index (χ3n) is 1.88. The van der Waals surface area contributed by atoms with Crippen LogP contribution in [-0.2, 0) is 0 Å². The van der Waals surface area contributed by atoms with Crippen LogP contribution in [0.15, 0.2) is 24.3 Å². The monoisotopic (exact) mass is 260 g/mol. The summed E-state index contributed by atoms with van der Waals surface area (Å²) in [5.74, 6) is 0.691. The fourth-order valence-corrected chi connectivity index (χ4v) is 1.49. The van der Waals surface area contributed by atoms with Crippen LogP contribution >= 0.6 is 22.6 Å². The van der Waals surface area contributed by atoms with Gasteiger partial charge in [0.15, 0.2) is 0 Å². The normalized spacial score (nSPS) is 13.0. The van der Waals surface area contributed by atoms with Gasteiger partial charge in [-0.15, -0.1) is 0 Å². The van der Waals surface area contributed by atoms with Gasteiger partial charge in [-0.05, 0) is 18.4 Å². The molecule has 1 aromatic carbocycles. The Hall–Kier alpha value is -0.0500. The molecule has 0 amide bonds. The molecule has 0 heterocycles. The largest absolute Gasteiger partial charge is 0.0857 e. The molecule has 0 radical (unpaired) electrons. The van der Waals surface area contributed by atoms with Gasteiger partial charge in [0.25, 0.3) is 0 Å².